The van der Waals surface area contributed by atoms with E-state index in [1.165, 1.54) is 6.07 Å². The van der Waals surface area contributed by atoms with E-state index in [0.29, 0.717) is 0 Å². The number of hydrogen-bond donors (Lipinski definition) is 1. The highest BCUT2D eigenvalue weighted by Crippen LogP contribution is 2.18. The van der Waals surface area contributed by atoms with E-state index < -0.39 is 17.2 Å². The lowest BCUT2D eigenvalue weighted by atomic mass is 10.1. The second-order valence-corrected chi connectivity index (χ2v) is 3.85. The van der Waals surface area contributed by atoms with Crippen LogP contribution in [0.5, 0.6) is 0 Å². The van der Waals surface area contributed by atoms with E-state index in [-0.39, 0.29) is 14.5 Å². The van der Waals surface area contributed by atoms with Crippen molar-refractivity contribution in [2.45, 2.75) is 0 Å². The molecule has 2 rings (SSSR count). The predicted molar refractivity (Wildman–Crippen MR) is 57.2 cm³/mol. The minimum atomic E-state index is -0.552. The highest BCUT2D eigenvalue weighted by atomic mass is 127. The van der Waals surface area contributed by atoms with Crippen molar-refractivity contribution in [2.75, 3.05) is 0 Å². The van der Waals surface area contributed by atoms with Crippen LogP contribution >= 0.6 is 22.6 Å². The van der Waals surface area contributed by atoms with E-state index in [0.717, 1.165) is 12.1 Å². The van der Waals surface area contributed by atoms with Crippen molar-refractivity contribution < 1.29 is 8.78 Å². The Labute approximate surface area is 91.1 Å². The molecule has 1 N–H and O–H groups in total. The summed E-state index contributed by atoms with van der Waals surface area (Å²) in [6.07, 6.45) is 0. The maximum atomic E-state index is 13.4. The molecule has 0 aliphatic rings. The van der Waals surface area contributed by atoms with Gasteiger partial charge in [-0.15, -0.1) is 0 Å². The van der Waals surface area contributed by atoms with Crippen LogP contribution in [0.15, 0.2) is 23.0 Å². The Morgan fingerprint density at radius 3 is 2.64 bits per heavy atom. The number of benzene rings is 1. The smallest absolute Gasteiger partial charge is 0.256 e. The van der Waals surface area contributed by atoms with Crippen LogP contribution in [0.25, 0.3) is 10.8 Å². The molecule has 0 bridgehead atoms. The van der Waals surface area contributed by atoms with Crippen molar-refractivity contribution in [2.24, 2.45) is 0 Å². The zero-order valence-electron chi connectivity index (χ0n) is 6.77. The Kier molecular flexibility index (Phi) is 2.26. The van der Waals surface area contributed by atoms with E-state index in [1.54, 1.807) is 22.6 Å². The van der Waals surface area contributed by atoms with Gasteiger partial charge in [0.25, 0.3) is 5.56 Å². The van der Waals surface area contributed by atoms with Gasteiger partial charge in [0, 0.05) is 5.39 Å². The molecule has 0 fully saturated rings. The van der Waals surface area contributed by atoms with E-state index in [1.807, 2.05) is 0 Å². The average Bonchev–Trinajstić information content (AvgIpc) is 2.14. The van der Waals surface area contributed by atoms with Crippen molar-refractivity contribution >= 4 is 33.4 Å². The van der Waals surface area contributed by atoms with Crippen molar-refractivity contribution in [1.29, 1.82) is 0 Å². The molecule has 14 heavy (non-hydrogen) atoms. The van der Waals surface area contributed by atoms with Crippen LogP contribution in [0.1, 0.15) is 0 Å². The highest BCUT2D eigenvalue weighted by molar-refractivity contribution is 14.1. The number of fused-ring (bicyclic) bond motifs is 1. The van der Waals surface area contributed by atoms with Gasteiger partial charge in [0.1, 0.15) is 9.52 Å². The number of nitrogens with one attached hydrogen (secondary N) is 1. The topological polar surface area (TPSA) is 32.9 Å². The predicted octanol–water partition coefficient (Wildman–Crippen LogP) is 2.41. The molecule has 0 spiro atoms. The number of rotatable bonds is 0. The largest absolute Gasteiger partial charge is 0.314 e. The van der Waals surface area contributed by atoms with Crippen molar-refractivity contribution in [3.63, 3.8) is 0 Å². The van der Waals surface area contributed by atoms with Gasteiger partial charge < -0.3 is 4.98 Å². The summed E-state index contributed by atoms with van der Waals surface area (Å²) in [7, 11) is 0. The molecule has 1 aromatic carbocycles. The van der Waals surface area contributed by atoms with Gasteiger partial charge in [0.2, 0.25) is 0 Å². The number of pyridine rings is 1. The molecule has 0 atom stereocenters. The van der Waals surface area contributed by atoms with Crippen LogP contribution in [0, 0.1) is 15.3 Å². The molecule has 0 aliphatic carbocycles. The molecule has 1 heterocycles. The van der Waals surface area contributed by atoms with Gasteiger partial charge in [-0.3, -0.25) is 4.79 Å². The lowest BCUT2D eigenvalue weighted by Gasteiger charge is -2.00. The Morgan fingerprint density at radius 2 is 1.93 bits per heavy atom. The van der Waals surface area contributed by atoms with Crippen LogP contribution in [0.3, 0.4) is 0 Å². The molecule has 2 aromatic rings. The van der Waals surface area contributed by atoms with Gasteiger partial charge >= 0.3 is 0 Å². The minimum absolute atomic E-state index is 0.0305. The number of H-pyrrole nitrogens is 1. The fourth-order valence-corrected chi connectivity index (χ4v) is 1.77. The summed E-state index contributed by atoms with van der Waals surface area (Å²) in [5.41, 5.74) is -0.481. The second-order valence-electron chi connectivity index (χ2n) is 2.77. The lowest BCUT2D eigenvalue weighted by molar-refractivity contribution is 0.619. The first kappa shape index (κ1) is 9.57. The summed E-state index contributed by atoms with van der Waals surface area (Å²) in [5, 5.41) is 0.169. The molecular formula is C9H4F2INO. The van der Waals surface area contributed by atoms with Gasteiger partial charge in [-0.1, -0.05) is 0 Å². The van der Waals surface area contributed by atoms with Crippen LogP contribution in [-0.4, -0.2) is 4.98 Å². The molecule has 0 unspecified atom stereocenters. The zero-order chi connectivity index (χ0) is 10.3. The van der Waals surface area contributed by atoms with Gasteiger partial charge in [-0.25, -0.2) is 8.78 Å². The second kappa shape index (κ2) is 3.30. The summed E-state index contributed by atoms with van der Waals surface area (Å²) < 4.78 is 26.3. The van der Waals surface area contributed by atoms with Crippen LogP contribution in [0.4, 0.5) is 8.78 Å². The Bertz CT molecular complexity index is 564. The number of hydrogen-bond acceptors (Lipinski definition) is 1. The van der Waals surface area contributed by atoms with Gasteiger partial charge in [0.05, 0.1) is 5.39 Å². The van der Waals surface area contributed by atoms with E-state index in [9.17, 15) is 13.6 Å². The van der Waals surface area contributed by atoms with Gasteiger partial charge in [-0.05, 0) is 40.8 Å². The third-order valence-corrected chi connectivity index (χ3v) is 2.62. The zero-order valence-corrected chi connectivity index (χ0v) is 8.93. The minimum Gasteiger partial charge on any atom is -0.314 e. The Balaban J connectivity index is 3.02. The van der Waals surface area contributed by atoms with Gasteiger partial charge in [0.15, 0.2) is 5.82 Å². The molecular weight excluding hydrogens is 303 g/mol. The van der Waals surface area contributed by atoms with E-state index in [2.05, 4.69) is 4.98 Å². The van der Waals surface area contributed by atoms with E-state index in [4.69, 9.17) is 0 Å². The quantitative estimate of drug-likeness (QED) is 0.588. The first-order chi connectivity index (χ1) is 6.59. The molecule has 0 radical (unpaired) electrons. The molecule has 0 aliphatic heterocycles. The Morgan fingerprint density at radius 1 is 1.21 bits per heavy atom. The third-order valence-electron chi connectivity index (χ3n) is 1.88. The monoisotopic (exact) mass is 307 g/mol. The maximum absolute atomic E-state index is 13.4. The van der Waals surface area contributed by atoms with Crippen molar-refractivity contribution in [1.82, 2.24) is 4.98 Å². The number of halogens is 3. The number of aromatic nitrogens is 1. The lowest BCUT2D eigenvalue weighted by Crippen LogP contribution is -2.10. The van der Waals surface area contributed by atoms with E-state index >= 15 is 0 Å². The molecule has 0 saturated carbocycles. The summed E-state index contributed by atoms with van der Waals surface area (Å²) >= 11 is 1.68. The summed E-state index contributed by atoms with van der Waals surface area (Å²) in [4.78, 5) is 13.6. The standard InChI is InChI=1S/C9H4F2INO/c10-4-1-2-5-6(3-4)9(14)13-8(12)7(5)11/h1-3H,(H,13,14). The fraction of sp³-hybridized carbons (Fsp3) is 0. The molecule has 5 heteroatoms. The molecule has 72 valence electrons. The highest BCUT2D eigenvalue weighted by Gasteiger charge is 2.09. The van der Waals surface area contributed by atoms with Crippen molar-refractivity contribution in [3.8, 4) is 0 Å². The number of aromatic amines is 1. The van der Waals surface area contributed by atoms with Crippen molar-refractivity contribution in [3.05, 3.63) is 43.9 Å². The summed E-state index contributed by atoms with van der Waals surface area (Å²) in [5.74, 6) is -1.08. The SMILES string of the molecule is O=c1[nH]c(I)c(F)c2ccc(F)cc12. The first-order valence-corrected chi connectivity index (χ1v) is 4.84. The first-order valence-electron chi connectivity index (χ1n) is 3.76. The Hall–Kier alpha value is -0.980. The molecule has 1 aromatic heterocycles. The molecule has 0 saturated heterocycles. The fourth-order valence-electron chi connectivity index (χ4n) is 1.24. The molecule has 2 nitrogen and oxygen atoms in total. The normalized spacial score (nSPS) is 10.8. The van der Waals surface area contributed by atoms with Crippen LogP contribution < -0.4 is 5.56 Å². The van der Waals surface area contributed by atoms with Gasteiger partial charge in [-0.2, -0.15) is 0 Å². The van der Waals surface area contributed by atoms with Crippen LogP contribution in [-0.2, 0) is 0 Å². The molecule has 0 amide bonds. The summed E-state index contributed by atoms with van der Waals surface area (Å²) in [6, 6.07) is 3.41. The van der Waals surface area contributed by atoms with Crippen LogP contribution in [0.2, 0.25) is 0 Å². The maximum Gasteiger partial charge on any atom is 0.256 e. The third kappa shape index (κ3) is 1.41. The summed E-state index contributed by atoms with van der Waals surface area (Å²) in [6.45, 7) is 0. The average molecular weight is 307 g/mol.